The first-order valence-corrected chi connectivity index (χ1v) is 6.31. The zero-order valence-electron chi connectivity index (χ0n) is 11.6. The number of nitrogens with one attached hydrogen (secondary N) is 1. The fourth-order valence-electron chi connectivity index (χ4n) is 1.73. The van der Waals surface area contributed by atoms with E-state index in [-0.39, 0.29) is 0 Å². The van der Waals surface area contributed by atoms with E-state index in [1.54, 1.807) is 7.11 Å². The van der Waals surface area contributed by atoms with E-state index < -0.39 is 0 Å². The van der Waals surface area contributed by atoms with Crippen LogP contribution >= 0.6 is 0 Å². The van der Waals surface area contributed by atoms with Crippen molar-refractivity contribution in [2.45, 2.75) is 19.9 Å². The maximum atomic E-state index is 5.28. The standard InChI is InChI=1S/C14H28N2O/c1-6-8-16(9-7-2)14(12-17-5)11-15-10-13(3)4/h6-7,13-15H,1-2,8-12H2,3-5H3. The fourth-order valence-corrected chi connectivity index (χ4v) is 1.73. The second kappa shape index (κ2) is 10.5. The van der Waals surface area contributed by atoms with E-state index in [4.69, 9.17) is 4.74 Å². The van der Waals surface area contributed by atoms with E-state index in [1.165, 1.54) is 0 Å². The Labute approximate surface area is 107 Å². The topological polar surface area (TPSA) is 24.5 Å². The van der Waals surface area contributed by atoms with Crippen LogP contribution in [0.2, 0.25) is 0 Å². The lowest BCUT2D eigenvalue weighted by Gasteiger charge is -2.29. The smallest absolute Gasteiger partial charge is 0.0630 e. The predicted molar refractivity (Wildman–Crippen MR) is 75.3 cm³/mol. The van der Waals surface area contributed by atoms with Gasteiger partial charge in [-0.05, 0) is 12.5 Å². The molecule has 0 aliphatic carbocycles. The van der Waals surface area contributed by atoms with Crippen LogP contribution in [0.1, 0.15) is 13.8 Å². The summed E-state index contributed by atoms with van der Waals surface area (Å²) in [7, 11) is 1.75. The Bertz CT molecular complexity index is 194. The molecule has 0 aliphatic heterocycles. The molecule has 0 amide bonds. The summed E-state index contributed by atoms with van der Waals surface area (Å²) in [5, 5.41) is 3.48. The van der Waals surface area contributed by atoms with Gasteiger partial charge < -0.3 is 10.1 Å². The lowest BCUT2D eigenvalue weighted by molar-refractivity contribution is 0.103. The van der Waals surface area contributed by atoms with Gasteiger partial charge in [-0.2, -0.15) is 0 Å². The summed E-state index contributed by atoms with van der Waals surface area (Å²) in [4.78, 5) is 2.32. The SMILES string of the molecule is C=CCN(CC=C)C(CNCC(C)C)COC. The molecule has 0 saturated carbocycles. The van der Waals surface area contributed by atoms with E-state index in [1.807, 2.05) is 12.2 Å². The Morgan fingerprint density at radius 2 is 1.76 bits per heavy atom. The Kier molecular flexibility index (Phi) is 10.1. The van der Waals surface area contributed by atoms with Crippen LogP contribution in [-0.4, -0.2) is 50.8 Å². The van der Waals surface area contributed by atoms with E-state index in [9.17, 15) is 0 Å². The van der Waals surface area contributed by atoms with Gasteiger partial charge in [0.15, 0.2) is 0 Å². The third-order valence-corrected chi connectivity index (χ3v) is 2.54. The summed E-state index contributed by atoms with van der Waals surface area (Å²) >= 11 is 0. The lowest BCUT2D eigenvalue weighted by atomic mass is 10.2. The van der Waals surface area contributed by atoms with Crippen molar-refractivity contribution in [2.24, 2.45) is 5.92 Å². The first kappa shape index (κ1) is 16.4. The molecule has 0 rings (SSSR count). The molecule has 0 spiro atoms. The molecule has 0 aliphatic rings. The van der Waals surface area contributed by atoms with Gasteiger partial charge in [-0.15, -0.1) is 13.2 Å². The Morgan fingerprint density at radius 3 is 2.18 bits per heavy atom. The van der Waals surface area contributed by atoms with E-state index in [2.05, 4.69) is 37.2 Å². The highest BCUT2D eigenvalue weighted by atomic mass is 16.5. The van der Waals surface area contributed by atoms with Crippen LogP contribution in [0.25, 0.3) is 0 Å². The predicted octanol–water partition coefficient (Wildman–Crippen LogP) is 1.92. The average Bonchev–Trinajstić information content (AvgIpc) is 2.27. The Balaban J connectivity index is 4.22. The summed E-state index contributed by atoms with van der Waals surface area (Å²) in [6, 6.07) is 0.370. The van der Waals surface area contributed by atoms with Crippen LogP contribution in [0.3, 0.4) is 0 Å². The van der Waals surface area contributed by atoms with Crippen LogP contribution in [0.15, 0.2) is 25.3 Å². The van der Waals surface area contributed by atoms with Gasteiger partial charge >= 0.3 is 0 Å². The average molecular weight is 240 g/mol. The number of hydrogen-bond acceptors (Lipinski definition) is 3. The zero-order valence-corrected chi connectivity index (χ0v) is 11.6. The number of rotatable bonds is 11. The number of methoxy groups -OCH3 is 1. The molecule has 1 atom stereocenters. The highest BCUT2D eigenvalue weighted by molar-refractivity contribution is 4.85. The third-order valence-electron chi connectivity index (χ3n) is 2.54. The monoisotopic (exact) mass is 240 g/mol. The van der Waals surface area contributed by atoms with Gasteiger partial charge in [0.25, 0.3) is 0 Å². The van der Waals surface area contributed by atoms with Crippen molar-refractivity contribution >= 4 is 0 Å². The normalized spacial score (nSPS) is 13.0. The van der Waals surface area contributed by atoms with E-state index in [0.717, 1.165) is 32.8 Å². The van der Waals surface area contributed by atoms with Crippen LogP contribution < -0.4 is 5.32 Å². The van der Waals surface area contributed by atoms with Crippen molar-refractivity contribution in [1.82, 2.24) is 10.2 Å². The minimum Gasteiger partial charge on any atom is -0.383 e. The molecule has 0 fully saturated rings. The fraction of sp³-hybridized carbons (Fsp3) is 0.714. The lowest BCUT2D eigenvalue weighted by Crippen LogP contribution is -2.46. The Hall–Kier alpha value is -0.640. The van der Waals surface area contributed by atoms with E-state index >= 15 is 0 Å². The quantitative estimate of drug-likeness (QED) is 0.558. The minimum absolute atomic E-state index is 0.370. The van der Waals surface area contributed by atoms with Crippen molar-refractivity contribution in [3.63, 3.8) is 0 Å². The van der Waals surface area contributed by atoms with Gasteiger partial charge in [-0.1, -0.05) is 26.0 Å². The van der Waals surface area contributed by atoms with Gasteiger partial charge in [0.05, 0.1) is 6.61 Å². The molecule has 0 aromatic carbocycles. The first-order chi connectivity index (χ1) is 8.15. The Morgan fingerprint density at radius 1 is 1.18 bits per heavy atom. The van der Waals surface area contributed by atoms with Gasteiger partial charge in [0.1, 0.15) is 0 Å². The summed E-state index contributed by atoms with van der Waals surface area (Å²) in [5.74, 6) is 0.672. The zero-order chi connectivity index (χ0) is 13.1. The van der Waals surface area contributed by atoms with Crippen LogP contribution in [0, 0.1) is 5.92 Å². The molecule has 0 heterocycles. The van der Waals surface area contributed by atoms with Crippen molar-refractivity contribution in [3.8, 4) is 0 Å². The van der Waals surface area contributed by atoms with E-state index in [0.29, 0.717) is 12.0 Å². The molecule has 0 bridgehead atoms. The van der Waals surface area contributed by atoms with Crippen LogP contribution in [0.5, 0.6) is 0 Å². The van der Waals surface area contributed by atoms with Gasteiger partial charge in [-0.25, -0.2) is 0 Å². The van der Waals surface area contributed by atoms with Gasteiger partial charge in [0.2, 0.25) is 0 Å². The maximum absolute atomic E-state index is 5.28. The maximum Gasteiger partial charge on any atom is 0.0630 e. The van der Waals surface area contributed by atoms with Crippen molar-refractivity contribution < 1.29 is 4.74 Å². The highest BCUT2D eigenvalue weighted by Crippen LogP contribution is 2.01. The molecular weight excluding hydrogens is 212 g/mol. The largest absolute Gasteiger partial charge is 0.383 e. The molecule has 3 nitrogen and oxygen atoms in total. The molecule has 0 aromatic heterocycles. The summed E-state index contributed by atoms with van der Waals surface area (Å²) in [6.45, 7) is 16.5. The molecule has 0 saturated heterocycles. The molecule has 100 valence electrons. The van der Waals surface area contributed by atoms with Gasteiger partial charge in [-0.3, -0.25) is 4.90 Å². The number of nitrogens with zero attached hydrogens (tertiary/aromatic N) is 1. The number of ether oxygens (including phenoxy) is 1. The summed E-state index contributed by atoms with van der Waals surface area (Å²) in [5.41, 5.74) is 0. The van der Waals surface area contributed by atoms with Crippen LogP contribution in [-0.2, 0) is 4.74 Å². The highest BCUT2D eigenvalue weighted by Gasteiger charge is 2.15. The summed E-state index contributed by atoms with van der Waals surface area (Å²) < 4.78 is 5.28. The second-order valence-electron chi connectivity index (χ2n) is 4.69. The van der Waals surface area contributed by atoms with Gasteiger partial charge in [0, 0.05) is 32.8 Å². The molecular formula is C14H28N2O. The molecule has 0 radical (unpaired) electrons. The van der Waals surface area contributed by atoms with Crippen molar-refractivity contribution in [1.29, 1.82) is 0 Å². The molecule has 0 aromatic rings. The summed E-state index contributed by atoms with van der Waals surface area (Å²) in [6.07, 6.45) is 3.85. The van der Waals surface area contributed by atoms with Crippen molar-refractivity contribution in [3.05, 3.63) is 25.3 Å². The molecule has 3 heteroatoms. The second-order valence-corrected chi connectivity index (χ2v) is 4.69. The molecule has 17 heavy (non-hydrogen) atoms. The molecule has 1 N–H and O–H groups in total. The molecule has 1 unspecified atom stereocenters. The van der Waals surface area contributed by atoms with Crippen molar-refractivity contribution in [2.75, 3.05) is 39.9 Å². The first-order valence-electron chi connectivity index (χ1n) is 6.31. The minimum atomic E-state index is 0.370. The van der Waals surface area contributed by atoms with Crippen LogP contribution in [0.4, 0.5) is 0 Å². The number of hydrogen-bond donors (Lipinski definition) is 1. The third kappa shape index (κ3) is 8.13.